The number of alkyl halides is 2. The van der Waals surface area contributed by atoms with Gasteiger partial charge in [-0.15, -0.1) is 24.8 Å². The van der Waals surface area contributed by atoms with Crippen LogP contribution >= 0.6 is 24.8 Å². The Morgan fingerprint density at radius 1 is 1.33 bits per heavy atom. The number of rotatable bonds is 5. The zero-order valence-corrected chi connectivity index (χ0v) is 14.5. The maximum atomic E-state index is 12.5. The average molecular weight is 384 g/mol. The number of amides is 1. The highest BCUT2D eigenvalue weighted by atomic mass is 35.5. The Morgan fingerprint density at radius 2 is 2.00 bits per heavy atom. The number of ether oxygens (including phenoxy) is 1. The summed E-state index contributed by atoms with van der Waals surface area (Å²) < 4.78 is 29.5. The van der Waals surface area contributed by atoms with Gasteiger partial charge in [-0.05, 0) is 31.4 Å². The van der Waals surface area contributed by atoms with Gasteiger partial charge in [0.05, 0.1) is 11.2 Å². The Bertz CT molecular complexity index is 573. The van der Waals surface area contributed by atoms with Crippen molar-refractivity contribution in [3.63, 3.8) is 0 Å². The minimum Gasteiger partial charge on any atom is -0.433 e. The summed E-state index contributed by atoms with van der Waals surface area (Å²) in [5.41, 5.74) is 5.79. The van der Waals surface area contributed by atoms with Crippen LogP contribution in [0.4, 0.5) is 14.5 Å². The molecule has 1 heterocycles. The number of carbonyl (C=O) groups is 1. The van der Waals surface area contributed by atoms with Gasteiger partial charge in [0.25, 0.3) is 0 Å². The number of hydrogen-bond acceptors (Lipinski definition) is 4. The van der Waals surface area contributed by atoms with Gasteiger partial charge in [-0.25, -0.2) is 0 Å². The molecule has 3 N–H and O–H groups in total. The van der Waals surface area contributed by atoms with Gasteiger partial charge < -0.3 is 20.7 Å². The third-order valence-corrected chi connectivity index (χ3v) is 4.19. The number of halogens is 4. The minimum atomic E-state index is -2.86. The molecule has 1 aromatic rings. The molecule has 0 bridgehead atoms. The number of nitrogens with one attached hydrogen (secondary N) is 1. The van der Waals surface area contributed by atoms with E-state index in [0.717, 1.165) is 19.3 Å². The molecule has 1 aliphatic heterocycles. The Labute approximate surface area is 151 Å². The molecule has 1 aromatic carbocycles. The molecule has 2 aliphatic rings. The van der Waals surface area contributed by atoms with Crippen molar-refractivity contribution in [3.05, 3.63) is 24.3 Å². The first-order valence-electron chi connectivity index (χ1n) is 7.36. The maximum absolute atomic E-state index is 12.5. The first-order valence-corrected chi connectivity index (χ1v) is 7.36. The van der Waals surface area contributed by atoms with E-state index in [9.17, 15) is 13.6 Å². The average Bonchev–Trinajstić information content (AvgIpc) is 3.06. The highest BCUT2D eigenvalue weighted by molar-refractivity contribution is 5.89. The number of carbonyl (C=O) groups excluding carboxylic acids is 1. The summed E-state index contributed by atoms with van der Waals surface area (Å²) in [4.78, 5) is 13.9. The molecule has 0 spiro atoms. The molecule has 24 heavy (non-hydrogen) atoms. The van der Waals surface area contributed by atoms with Crippen LogP contribution in [0.25, 0.3) is 0 Å². The fraction of sp³-hybridized carbons (Fsp3) is 0.533. The predicted octanol–water partition coefficient (Wildman–Crippen LogP) is 2.32. The summed E-state index contributed by atoms with van der Waals surface area (Å²) in [6, 6.07) is 6.67. The molecule has 1 unspecified atom stereocenters. The van der Waals surface area contributed by atoms with E-state index in [4.69, 9.17) is 5.73 Å². The second kappa shape index (κ2) is 8.18. The molecule has 1 amide bonds. The predicted molar refractivity (Wildman–Crippen MR) is 92.5 cm³/mol. The van der Waals surface area contributed by atoms with E-state index < -0.39 is 12.2 Å². The normalized spacial score (nSPS) is 20.8. The van der Waals surface area contributed by atoms with Crippen LogP contribution in [0, 0.1) is 0 Å². The van der Waals surface area contributed by atoms with E-state index in [1.807, 2.05) is 4.90 Å². The zero-order valence-electron chi connectivity index (χ0n) is 12.9. The second-order valence-electron chi connectivity index (χ2n) is 5.91. The van der Waals surface area contributed by atoms with Crippen molar-refractivity contribution < 1.29 is 18.3 Å². The quantitative estimate of drug-likeness (QED) is 0.818. The Balaban J connectivity index is 0.00000144. The van der Waals surface area contributed by atoms with Crippen molar-refractivity contribution >= 4 is 36.4 Å². The van der Waals surface area contributed by atoms with E-state index in [1.165, 1.54) is 6.07 Å². The van der Waals surface area contributed by atoms with Crippen LogP contribution in [0.2, 0.25) is 0 Å². The summed E-state index contributed by atoms with van der Waals surface area (Å²) in [6.45, 7) is -1.62. The monoisotopic (exact) mass is 383 g/mol. The van der Waals surface area contributed by atoms with E-state index in [-0.39, 0.29) is 42.5 Å². The number of hydrogen-bond donors (Lipinski definition) is 2. The van der Waals surface area contributed by atoms with Gasteiger partial charge in [-0.2, -0.15) is 8.78 Å². The second-order valence-corrected chi connectivity index (χ2v) is 5.91. The van der Waals surface area contributed by atoms with Crippen molar-refractivity contribution in [2.24, 2.45) is 5.73 Å². The summed E-state index contributed by atoms with van der Waals surface area (Å²) in [5, 5.41) is 2.95. The van der Waals surface area contributed by atoms with Crippen molar-refractivity contribution in [3.8, 4) is 5.75 Å². The summed E-state index contributed by atoms with van der Waals surface area (Å²) in [5.74, 6) is 0.0402. The number of benzene rings is 1. The van der Waals surface area contributed by atoms with Crippen molar-refractivity contribution in [2.75, 3.05) is 18.0 Å². The van der Waals surface area contributed by atoms with Gasteiger partial charge in [0.1, 0.15) is 5.75 Å². The smallest absolute Gasteiger partial charge is 0.387 e. The Morgan fingerprint density at radius 3 is 2.62 bits per heavy atom. The fourth-order valence-electron chi connectivity index (χ4n) is 2.70. The van der Waals surface area contributed by atoms with Gasteiger partial charge in [-0.3, -0.25) is 4.79 Å². The highest BCUT2D eigenvalue weighted by Crippen LogP contribution is 2.34. The number of anilines is 1. The SMILES string of the molecule is Cl.Cl.NC1(C(=O)NC2CCN(c3ccccc3OC(F)F)C2)CC1. The largest absolute Gasteiger partial charge is 0.433 e. The summed E-state index contributed by atoms with van der Waals surface area (Å²) >= 11 is 0. The topological polar surface area (TPSA) is 67.6 Å². The number of para-hydroxylation sites is 2. The highest BCUT2D eigenvalue weighted by Gasteiger charge is 2.46. The van der Waals surface area contributed by atoms with Crippen molar-refractivity contribution in [1.29, 1.82) is 0 Å². The standard InChI is InChI=1S/C15H19F2N3O2.2ClH/c16-14(17)22-12-4-2-1-3-11(12)20-8-5-10(9-20)19-13(21)15(18)6-7-15;;/h1-4,10,14H,5-9,18H2,(H,19,21);2*1H. The molecule has 1 saturated heterocycles. The molecule has 3 rings (SSSR count). The maximum Gasteiger partial charge on any atom is 0.387 e. The molecule has 1 aliphatic carbocycles. The molecular formula is C15H21Cl2F2N3O2. The number of nitrogens with zero attached hydrogens (tertiary/aromatic N) is 1. The molecule has 5 nitrogen and oxygen atoms in total. The van der Waals surface area contributed by atoms with Crippen LogP contribution in [0.15, 0.2) is 24.3 Å². The molecule has 1 atom stereocenters. The molecule has 9 heteroatoms. The van der Waals surface area contributed by atoms with Crippen LogP contribution < -0.4 is 20.7 Å². The van der Waals surface area contributed by atoms with Gasteiger partial charge in [0, 0.05) is 19.1 Å². The lowest BCUT2D eigenvalue weighted by Gasteiger charge is -2.22. The van der Waals surface area contributed by atoms with Crippen LogP contribution in [0.5, 0.6) is 5.75 Å². The van der Waals surface area contributed by atoms with Gasteiger partial charge in [0.15, 0.2) is 0 Å². The minimum absolute atomic E-state index is 0. The summed E-state index contributed by atoms with van der Waals surface area (Å²) in [6.07, 6.45) is 2.20. The lowest BCUT2D eigenvalue weighted by Crippen LogP contribution is -2.47. The lowest BCUT2D eigenvalue weighted by atomic mass is 10.2. The van der Waals surface area contributed by atoms with E-state index in [2.05, 4.69) is 10.1 Å². The Kier molecular flexibility index (Phi) is 7.07. The van der Waals surface area contributed by atoms with Gasteiger partial charge >= 0.3 is 6.61 Å². The molecule has 2 fully saturated rings. The van der Waals surface area contributed by atoms with E-state index >= 15 is 0 Å². The van der Waals surface area contributed by atoms with E-state index in [0.29, 0.717) is 18.8 Å². The zero-order chi connectivity index (χ0) is 15.7. The van der Waals surface area contributed by atoms with Crippen LogP contribution in [0.1, 0.15) is 19.3 Å². The van der Waals surface area contributed by atoms with Crippen molar-refractivity contribution in [2.45, 2.75) is 37.5 Å². The molecule has 0 aromatic heterocycles. The number of nitrogens with two attached hydrogens (primary N) is 1. The third kappa shape index (κ3) is 4.62. The third-order valence-electron chi connectivity index (χ3n) is 4.19. The molecular weight excluding hydrogens is 363 g/mol. The lowest BCUT2D eigenvalue weighted by molar-refractivity contribution is -0.123. The first kappa shape index (κ1) is 20.7. The van der Waals surface area contributed by atoms with Gasteiger partial charge in [-0.1, -0.05) is 12.1 Å². The molecule has 1 saturated carbocycles. The van der Waals surface area contributed by atoms with Crippen molar-refractivity contribution in [1.82, 2.24) is 5.32 Å². The van der Waals surface area contributed by atoms with Crippen LogP contribution in [-0.2, 0) is 4.79 Å². The fourth-order valence-corrected chi connectivity index (χ4v) is 2.70. The van der Waals surface area contributed by atoms with Crippen LogP contribution in [-0.4, -0.2) is 37.2 Å². The molecule has 0 radical (unpaired) electrons. The Hall–Kier alpha value is -1.31. The molecule has 136 valence electrons. The van der Waals surface area contributed by atoms with E-state index in [1.54, 1.807) is 18.2 Å². The first-order chi connectivity index (χ1) is 10.5. The van der Waals surface area contributed by atoms with Crippen LogP contribution in [0.3, 0.4) is 0 Å². The van der Waals surface area contributed by atoms with Gasteiger partial charge in [0.2, 0.25) is 5.91 Å². The summed E-state index contributed by atoms with van der Waals surface area (Å²) in [7, 11) is 0.